The molecule has 3 rings (SSSR count). The fourth-order valence-electron chi connectivity index (χ4n) is 2.76. The molecule has 4 nitrogen and oxygen atoms in total. The van der Waals surface area contributed by atoms with E-state index in [4.69, 9.17) is 0 Å². The zero-order valence-corrected chi connectivity index (χ0v) is 12.1. The Bertz CT molecular complexity index is 685. The van der Waals surface area contributed by atoms with Crippen molar-refractivity contribution in [2.24, 2.45) is 0 Å². The average molecular weight is 315 g/mol. The number of hydrogen-bond acceptors (Lipinski definition) is 3. The van der Waals surface area contributed by atoms with Crippen molar-refractivity contribution in [3.8, 4) is 0 Å². The average Bonchev–Trinajstić information content (AvgIpc) is 3.17. The Hall–Kier alpha value is -1.50. The van der Waals surface area contributed by atoms with Gasteiger partial charge in [0.25, 0.3) is 5.91 Å². The lowest BCUT2D eigenvalue weighted by molar-refractivity contribution is 0.0680. The van der Waals surface area contributed by atoms with Crippen molar-refractivity contribution in [3.63, 3.8) is 0 Å². The van der Waals surface area contributed by atoms with Gasteiger partial charge >= 0.3 is 0 Å². The number of amides is 1. The van der Waals surface area contributed by atoms with E-state index >= 15 is 0 Å². The molecule has 0 spiro atoms. The lowest BCUT2D eigenvalue weighted by atomic mass is 10.1. The molecule has 0 radical (unpaired) electrons. The number of halogens is 2. The molecule has 1 aromatic rings. The molecule has 1 aromatic carbocycles. The molecule has 1 unspecified atom stereocenters. The lowest BCUT2D eigenvalue weighted by Gasteiger charge is -2.28. The molecule has 0 aromatic heterocycles. The molecule has 0 bridgehead atoms. The van der Waals surface area contributed by atoms with Crippen LogP contribution in [0, 0.1) is 11.6 Å². The molecule has 2 fully saturated rings. The summed E-state index contributed by atoms with van der Waals surface area (Å²) in [5.74, 6) is -2.47. The third-order valence-corrected chi connectivity index (χ3v) is 5.69. The van der Waals surface area contributed by atoms with E-state index in [1.54, 1.807) is 4.90 Å². The van der Waals surface area contributed by atoms with Gasteiger partial charge in [0.15, 0.2) is 21.5 Å². The van der Waals surface area contributed by atoms with Crippen molar-refractivity contribution in [3.05, 3.63) is 35.4 Å². The molecule has 1 saturated heterocycles. The summed E-state index contributed by atoms with van der Waals surface area (Å²) in [4.78, 5) is 14.1. The predicted molar refractivity (Wildman–Crippen MR) is 72.6 cm³/mol. The molecule has 1 atom stereocenters. The fourth-order valence-corrected chi connectivity index (χ4v) is 4.47. The Balaban J connectivity index is 1.87. The second-order valence-electron chi connectivity index (χ2n) is 5.63. The number of sulfone groups is 1. The van der Waals surface area contributed by atoms with Gasteiger partial charge in [-0.1, -0.05) is 0 Å². The van der Waals surface area contributed by atoms with Gasteiger partial charge in [-0.15, -0.1) is 0 Å². The molecule has 7 heteroatoms. The first-order chi connectivity index (χ1) is 9.87. The van der Waals surface area contributed by atoms with Crippen LogP contribution in [0.4, 0.5) is 8.78 Å². The SMILES string of the molecule is O=C(c1ccc(F)c(F)c1)N(C1CC1)C1CCS(=O)(=O)C1. The molecular weight excluding hydrogens is 300 g/mol. The molecular formula is C14H15F2NO3S. The van der Waals surface area contributed by atoms with Crippen molar-refractivity contribution < 1.29 is 22.0 Å². The predicted octanol–water partition coefficient (Wildman–Crippen LogP) is 1.76. The Morgan fingerprint density at radius 1 is 1.10 bits per heavy atom. The number of benzene rings is 1. The Morgan fingerprint density at radius 2 is 1.81 bits per heavy atom. The van der Waals surface area contributed by atoms with Gasteiger partial charge in [0.05, 0.1) is 11.5 Å². The van der Waals surface area contributed by atoms with Crippen LogP contribution in [0.5, 0.6) is 0 Å². The van der Waals surface area contributed by atoms with E-state index in [1.807, 2.05) is 0 Å². The highest BCUT2D eigenvalue weighted by Crippen LogP contribution is 2.33. The molecule has 2 aliphatic rings. The summed E-state index contributed by atoms with van der Waals surface area (Å²) in [5.41, 5.74) is 0.0603. The second-order valence-corrected chi connectivity index (χ2v) is 7.86. The van der Waals surface area contributed by atoms with E-state index in [1.165, 1.54) is 6.07 Å². The van der Waals surface area contributed by atoms with Crippen LogP contribution in [0.1, 0.15) is 29.6 Å². The van der Waals surface area contributed by atoms with Crippen LogP contribution in [0.15, 0.2) is 18.2 Å². The summed E-state index contributed by atoms with van der Waals surface area (Å²) in [6, 6.07) is 2.68. The zero-order valence-electron chi connectivity index (χ0n) is 11.3. The van der Waals surface area contributed by atoms with Crippen LogP contribution in [0.3, 0.4) is 0 Å². The normalized spacial score (nSPS) is 24.0. The van der Waals surface area contributed by atoms with Crippen LogP contribution in [0.25, 0.3) is 0 Å². The van der Waals surface area contributed by atoms with Gasteiger partial charge < -0.3 is 4.90 Å². The summed E-state index contributed by atoms with van der Waals surface area (Å²) < 4.78 is 49.4. The van der Waals surface area contributed by atoms with Gasteiger partial charge in [0.2, 0.25) is 0 Å². The number of carbonyl (C=O) groups is 1. The summed E-state index contributed by atoms with van der Waals surface area (Å²) >= 11 is 0. The quantitative estimate of drug-likeness (QED) is 0.854. The summed E-state index contributed by atoms with van der Waals surface area (Å²) in [7, 11) is -3.10. The fraction of sp³-hybridized carbons (Fsp3) is 0.500. The first-order valence-electron chi connectivity index (χ1n) is 6.85. The molecule has 1 saturated carbocycles. The first-order valence-corrected chi connectivity index (χ1v) is 8.68. The van der Waals surface area contributed by atoms with Crippen molar-refractivity contribution in [1.82, 2.24) is 4.90 Å². The highest BCUT2D eigenvalue weighted by molar-refractivity contribution is 7.91. The zero-order chi connectivity index (χ0) is 15.2. The third-order valence-electron chi connectivity index (χ3n) is 3.94. The van der Waals surface area contributed by atoms with Crippen molar-refractivity contribution in [1.29, 1.82) is 0 Å². The van der Waals surface area contributed by atoms with Gasteiger partial charge in [0, 0.05) is 17.6 Å². The highest BCUT2D eigenvalue weighted by atomic mass is 32.2. The topological polar surface area (TPSA) is 54.5 Å². The highest BCUT2D eigenvalue weighted by Gasteiger charge is 2.42. The minimum Gasteiger partial charge on any atom is -0.332 e. The van der Waals surface area contributed by atoms with Crippen LogP contribution >= 0.6 is 0 Å². The standard InChI is InChI=1S/C14H15F2NO3S/c15-12-4-1-9(7-13(12)16)14(18)17(10-2-3-10)11-5-6-21(19,20)8-11/h1,4,7,10-11H,2-3,5-6,8H2. The number of carbonyl (C=O) groups excluding carboxylic acids is 1. The van der Waals surface area contributed by atoms with E-state index in [-0.39, 0.29) is 29.2 Å². The maximum absolute atomic E-state index is 13.3. The van der Waals surface area contributed by atoms with Crippen LogP contribution in [-0.2, 0) is 9.84 Å². The van der Waals surface area contributed by atoms with Crippen molar-refractivity contribution in [2.45, 2.75) is 31.3 Å². The second kappa shape index (κ2) is 5.05. The van der Waals surface area contributed by atoms with Crippen molar-refractivity contribution >= 4 is 15.7 Å². The first kappa shape index (κ1) is 14.4. The van der Waals surface area contributed by atoms with Gasteiger partial charge in [0.1, 0.15) is 0 Å². The minimum absolute atomic E-state index is 0.0175. The monoisotopic (exact) mass is 315 g/mol. The number of rotatable bonds is 3. The lowest BCUT2D eigenvalue weighted by Crippen LogP contribution is -2.42. The van der Waals surface area contributed by atoms with Gasteiger partial charge in [-0.3, -0.25) is 4.79 Å². The smallest absolute Gasteiger partial charge is 0.254 e. The summed E-state index contributed by atoms with van der Waals surface area (Å²) in [6.45, 7) is 0. The van der Waals surface area contributed by atoms with Crippen LogP contribution in [0.2, 0.25) is 0 Å². The minimum atomic E-state index is -3.10. The van der Waals surface area contributed by atoms with Crippen LogP contribution < -0.4 is 0 Å². The van der Waals surface area contributed by atoms with E-state index in [0.717, 1.165) is 25.0 Å². The summed E-state index contributed by atoms with van der Waals surface area (Å²) in [5, 5.41) is 0. The largest absolute Gasteiger partial charge is 0.332 e. The van der Waals surface area contributed by atoms with E-state index in [9.17, 15) is 22.0 Å². The molecule has 0 N–H and O–H groups in total. The van der Waals surface area contributed by atoms with Crippen molar-refractivity contribution in [2.75, 3.05) is 11.5 Å². The molecule has 1 aliphatic carbocycles. The number of nitrogens with zero attached hydrogens (tertiary/aromatic N) is 1. The van der Waals surface area contributed by atoms with Crippen LogP contribution in [-0.4, -0.2) is 42.8 Å². The maximum Gasteiger partial charge on any atom is 0.254 e. The third kappa shape index (κ3) is 2.92. The molecule has 114 valence electrons. The summed E-state index contributed by atoms with van der Waals surface area (Å²) in [6.07, 6.45) is 2.06. The molecule has 1 aliphatic heterocycles. The van der Waals surface area contributed by atoms with E-state index in [0.29, 0.717) is 6.42 Å². The molecule has 1 amide bonds. The van der Waals surface area contributed by atoms with E-state index in [2.05, 4.69) is 0 Å². The molecule has 1 heterocycles. The van der Waals surface area contributed by atoms with Gasteiger partial charge in [-0.25, -0.2) is 17.2 Å². The Kier molecular flexibility index (Phi) is 3.47. The van der Waals surface area contributed by atoms with Gasteiger partial charge in [-0.2, -0.15) is 0 Å². The van der Waals surface area contributed by atoms with Gasteiger partial charge in [-0.05, 0) is 37.5 Å². The maximum atomic E-state index is 13.3. The number of hydrogen-bond donors (Lipinski definition) is 0. The van der Waals surface area contributed by atoms with E-state index < -0.39 is 27.4 Å². The molecule has 21 heavy (non-hydrogen) atoms. The Labute approximate surface area is 121 Å². The Morgan fingerprint density at radius 3 is 2.33 bits per heavy atom.